The summed E-state index contributed by atoms with van der Waals surface area (Å²) in [4.78, 5) is 11.5. The third kappa shape index (κ3) is 3.93. The van der Waals surface area contributed by atoms with E-state index in [1.54, 1.807) is 4.52 Å². The number of morpholine rings is 1. The van der Waals surface area contributed by atoms with E-state index in [9.17, 15) is 4.39 Å². The van der Waals surface area contributed by atoms with Gasteiger partial charge in [0.25, 0.3) is 0 Å². The second-order valence-corrected chi connectivity index (χ2v) is 8.33. The molecule has 11 heteroatoms. The van der Waals surface area contributed by atoms with Gasteiger partial charge in [-0.15, -0.1) is 5.10 Å². The van der Waals surface area contributed by atoms with E-state index >= 15 is 0 Å². The third-order valence-corrected chi connectivity index (χ3v) is 6.07. The summed E-state index contributed by atoms with van der Waals surface area (Å²) in [5, 5.41) is 8.41. The molecule has 0 bridgehead atoms. The van der Waals surface area contributed by atoms with Crippen LogP contribution in [0.5, 0.6) is 11.5 Å². The minimum absolute atomic E-state index is 0.129. The molecule has 0 spiro atoms. The van der Waals surface area contributed by atoms with E-state index in [1.165, 1.54) is 12.1 Å². The highest BCUT2D eigenvalue weighted by atomic mass is 19.1. The van der Waals surface area contributed by atoms with Gasteiger partial charge in [0.15, 0.2) is 17.1 Å². The fraction of sp³-hybridized carbons (Fsp3) is 0.348. The van der Waals surface area contributed by atoms with Gasteiger partial charge in [0.1, 0.15) is 11.6 Å². The van der Waals surface area contributed by atoms with Gasteiger partial charge in [0.05, 0.1) is 29.8 Å². The van der Waals surface area contributed by atoms with Crippen molar-refractivity contribution in [2.45, 2.75) is 6.42 Å². The molecule has 2 aliphatic heterocycles. The molecule has 0 amide bonds. The molecule has 0 atom stereocenters. The van der Waals surface area contributed by atoms with Gasteiger partial charge in [-0.1, -0.05) is 6.07 Å². The summed E-state index contributed by atoms with van der Waals surface area (Å²) in [7, 11) is 0. The third-order valence-electron chi connectivity index (χ3n) is 6.07. The van der Waals surface area contributed by atoms with Gasteiger partial charge in [-0.3, -0.25) is 4.90 Å². The van der Waals surface area contributed by atoms with Crippen LogP contribution >= 0.6 is 0 Å². The number of benzene rings is 2. The average molecular weight is 465 g/mol. The predicted molar refractivity (Wildman–Crippen MR) is 124 cm³/mol. The van der Waals surface area contributed by atoms with Crippen molar-refractivity contribution in [2.75, 3.05) is 57.2 Å². The van der Waals surface area contributed by atoms with Gasteiger partial charge in [-0.2, -0.15) is 9.50 Å². The molecule has 1 fully saturated rings. The molecule has 34 heavy (non-hydrogen) atoms. The Morgan fingerprint density at radius 3 is 2.79 bits per heavy atom. The molecule has 1 saturated heterocycles. The highest BCUT2D eigenvalue weighted by Crippen LogP contribution is 2.34. The highest BCUT2D eigenvalue weighted by Gasteiger charge is 2.19. The van der Waals surface area contributed by atoms with Gasteiger partial charge in [-0.25, -0.2) is 9.37 Å². The molecule has 3 N–H and O–H groups in total. The van der Waals surface area contributed by atoms with Crippen LogP contribution in [0, 0.1) is 5.82 Å². The lowest BCUT2D eigenvalue weighted by atomic mass is 10.1. The van der Waals surface area contributed by atoms with Crippen LogP contribution < -0.4 is 20.5 Å². The number of halogens is 1. The Kier molecular flexibility index (Phi) is 5.27. The number of nitrogens with one attached hydrogen (secondary N) is 1. The molecule has 6 rings (SSSR count). The number of aromatic nitrogens is 4. The number of hydrogen-bond acceptors (Lipinski definition) is 9. The first-order valence-corrected chi connectivity index (χ1v) is 11.2. The Morgan fingerprint density at radius 2 is 1.91 bits per heavy atom. The number of ether oxygens (including phenoxy) is 3. The van der Waals surface area contributed by atoms with Gasteiger partial charge >= 0.3 is 0 Å². The molecule has 0 radical (unpaired) electrons. The minimum atomic E-state index is -0.375. The molecule has 2 aromatic carbocycles. The van der Waals surface area contributed by atoms with Crippen LogP contribution in [0.2, 0.25) is 0 Å². The summed E-state index contributed by atoms with van der Waals surface area (Å²) >= 11 is 0. The summed E-state index contributed by atoms with van der Waals surface area (Å²) in [6, 6.07) is 8.59. The van der Waals surface area contributed by atoms with Crippen molar-refractivity contribution in [3.8, 4) is 11.5 Å². The zero-order valence-corrected chi connectivity index (χ0v) is 18.5. The molecule has 2 aliphatic rings. The summed E-state index contributed by atoms with van der Waals surface area (Å²) < 4.78 is 32.5. The molecule has 4 heterocycles. The van der Waals surface area contributed by atoms with Crippen molar-refractivity contribution in [3.05, 3.63) is 47.5 Å². The Bertz CT molecular complexity index is 1370. The van der Waals surface area contributed by atoms with E-state index in [2.05, 4.69) is 20.3 Å². The molecule has 176 valence electrons. The zero-order valence-electron chi connectivity index (χ0n) is 18.5. The molecule has 2 aromatic heterocycles. The van der Waals surface area contributed by atoms with Crippen molar-refractivity contribution in [3.63, 3.8) is 0 Å². The van der Waals surface area contributed by atoms with E-state index in [-0.39, 0.29) is 18.6 Å². The average Bonchev–Trinajstić information content (AvgIpc) is 3.45. The fourth-order valence-electron chi connectivity index (χ4n) is 4.43. The van der Waals surface area contributed by atoms with Crippen molar-refractivity contribution in [1.29, 1.82) is 0 Å². The minimum Gasteiger partial charge on any atom is -0.454 e. The number of hydrogen-bond donors (Lipinski definition) is 2. The monoisotopic (exact) mass is 465 g/mol. The lowest BCUT2D eigenvalue weighted by Gasteiger charge is -2.26. The summed E-state index contributed by atoms with van der Waals surface area (Å²) in [5.74, 6) is 1.74. The van der Waals surface area contributed by atoms with Crippen LogP contribution in [0.1, 0.15) is 11.4 Å². The van der Waals surface area contributed by atoms with Gasteiger partial charge in [-0.05, 0) is 23.8 Å². The Balaban J connectivity index is 1.36. The maximum Gasteiger partial charge on any atom is 0.240 e. The number of nitrogens with zero attached hydrogens (tertiary/aromatic N) is 5. The largest absolute Gasteiger partial charge is 0.454 e. The van der Waals surface area contributed by atoms with Crippen LogP contribution in [0.4, 0.5) is 16.0 Å². The predicted octanol–water partition coefficient (Wildman–Crippen LogP) is 2.06. The molecular weight excluding hydrogens is 441 g/mol. The normalized spacial score (nSPS) is 15.9. The zero-order chi connectivity index (χ0) is 23.1. The van der Waals surface area contributed by atoms with E-state index in [0.717, 1.165) is 38.4 Å². The number of nitrogen functional groups attached to an aromatic ring is 1. The van der Waals surface area contributed by atoms with Crippen LogP contribution in [-0.4, -0.2) is 70.7 Å². The van der Waals surface area contributed by atoms with Crippen LogP contribution in [0.15, 0.2) is 30.3 Å². The summed E-state index contributed by atoms with van der Waals surface area (Å²) in [6.07, 6.45) is 0.433. The van der Waals surface area contributed by atoms with Crippen LogP contribution in [0.3, 0.4) is 0 Å². The quantitative estimate of drug-likeness (QED) is 0.442. The smallest absolute Gasteiger partial charge is 0.240 e. The maximum absolute atomic E-state index is 14.6. The lowest BCUT2D eigenvalue weighted by molar-refractivity contribution is 0.0398. The topological polar surface area (TPSA) is 112 Å². The summed E-state index contributed by atoms with van der Waals surface area (Å²) in [5.41, 5.74) is 8.56. The molecule has 10 nitrogen and oxygen atoms in total. The summed E-state index contributed by atoms with van der Waals surface area (Å²) in [6.45, 7) is 4.92. The number of rotatable bonds is 6. The van der Waals surface area contributed by atoms with Gasteiger partial charge in [0, 0.05) is 38.7 Å². The Hall–Kier alpha value is -3.70. The molecular formula is C23H24FN7O3. The first-order chi connectivity index (χ1) is 16.6. The molecule has 4 aromatic rings. The number of fused-ring (bicyclic) bond motifs is 4. The Labute approximate surface area is 194 Å². The SMILES string of the molecule is Nc1nc2c3c(NCCN4CCOCC4)cc(F)cc3nc(Cc3ccc4c(c3)OCO4)n2n1. The number of anilines is 2. The fourth-order valence-corrected chi connectivity index (χ4v) is 4.43. The van der Waals surface area contributed by atoms with Crippen molar-refractivity contribution in [2.24, 2.45) is 0 Å². The molecule has 0 saturated carbocycles. The van der Waals surface area contributed by atoms with Crippen molar-refractivity contribution < 1.29 is 18.6 Å². The van der Waals surface area contributed by atoms with Crippen molar-refractivity contribution in [1.82, 2.24) is 24.5 Å². The number of nitrogens with two attached hydrogens (primary N) is 1. The van der Waals surface area contributed by atoms with E-state index in [1.807, 2.05) is 18.2 Å². The first-order valence-electron chi connectivity index (χ1n) is 11.2. The van der Waals surface area contributed by atoms with E-state index in [0.29, 0.717) is 52.5 Å². The molecule has 0 unspecified atom stereocenters. The van der Waals surface area contributed by atoms with E-state index < -0.39 is 0 Å². The first kappa shape index (κ1) is 20.9. The lowest BCUT2D eigenvalue weighted by Crippen LogP contribution is -2.39. The maximum atomic E-state index is 14.6. The second-order valence-electron chi connectivity index (χ2n) is 8.33. The van der Waals surface area contributed by atoms with Gasteiger partial charge in [0.2, 0.25) is 12.7 Å². The van der Waals surface area contributed by atoms with Crippen LogP contribution in [-0.2, 0) is 11.2 Å². The molecule has 0 aliphatic carbocycles. The van der Waals surface area contributed by atoms with E-state index in [4.69, 9.17) is 24.9 Å². The standard InChI is InChI=1S/C23H24FN7O3/c24-15-11-16(26-3-4-30-5-7-32-8-6-30)21-17(12-15)27-20(31-22(21)28-23(25)29-31)10-14-1-2-18-19(9-14)34-13-33-18/h1-2,9,11-12,26H,3-8,10,13H2,(H2,25,29). The van der Waals surface area contributed by atoms with Crippen LogP contribution in [0.25, 0.3) is 16.6 Å². The van der Waals surface area contributed by atoms with Crippen molar-refractivity contribution >= 4 is 28.2 Å². The Morgan fingerprint density at radius 1 is 1.06 bits per heavy atom. The van der Waals surface area contributed by atoms with Gasteiger partial charge < -0.3 is 25.3 Å². The second kappa shape index (κ2) is 8.58. The highest BCUT2D eigenvalue weighted by molar-refractivity contribution is 6.01.